The molecule has 73 heavy (non-hydrogen) atoms. The molecule has 2 aliphatic heterocycles. The molecule has 0 aromatic rings. The number of rotatable bonds is 52. The van der Waals surface area contributed by atoms with Crippen LogP contribution in [0, 0.1) is 0 Å². The molecule has 0 amide bonds. The van der Waals surface area contributed by atoms with Crippen molar-refractivity contribution in [2.24, 2.45) is 13.5 Å². The van der Waals surface area contributed by atoms with Crippen molar-refractivity contribution in [3.8, 4) is 0 Å². The Labute approximate surface area is 435 Å². The van der Waals surface area contributed by atoms with E-state index in [9.17, 15) is 5.21 Å². The van der Waals surface area contributed by atoms with E-state index in [0.717, 1.165) is 5.06 Å². The van der Waals surface area contributed by atoms with Crippen LogP contribution >= 0.6 is 23.0 Å². The second kappa shape index (κ2) is 42.7. The first kappa shape index (κ1) is 68.9. The normalized spacial score (nSPS) is 19.5. The summed E-state index contributed by atoms with van der Waals surface area (Å²) in [5.74, 6) is 0. The molecule has 0 bridgehead atoms. The molecule has 0 aromatic heterocycles. The van der Waals surface area contributed by atoms with Gasteiger partial charge in [0.25, 0.3) is 0 Å². The third kappa shape index (κ3) is 31.8. The minimum Gasteiger partial charge on any atom is -0.382 e. The Balaban J connectivity index is 2.72. The molecule has 0 aliphatic carbocycles. The first-order valence-electron chi connectivity index (χ1n) is 24.9. The van der Waals surface area contributed by atoms with Gasteiger partial charge < -0.3 is 98.2 Å². The Bertz CT molecular complexity index is 1390. The Morgan fingerprint density at radius 1 is 0.329 bits per heavy atom. The van der Waals surface area contributed by atoms with Crippen LogP contribution in [-0.4, -0.2) is 256 Å². The van der Waals surface area contributed by atoms with E-state index in [1.807, 2.05) is 27.7 Å². The number of hydrogen-bond acceptors (Lipinski definition) is 25. The molecule has 1 fully saturated rings. The molecular formula is C44H92N4O22P3. The summed E-state index contributed by atoms with van der Waals surface area (Å²) in [6.07, 6.45) is 0.0208. The van der Waals surface area contributed by atoms with Crippen LogP contribution in [0.1, 0.15) is 40.5 Å². The molecule has 2 rings (SSSR count). The summed E-state index contributed by atoms with van der Waals surface area (Å²) >= 11 is 0. The zero-order valence-corrected chi connectivity index (χ0v) is 48.0. The standard InChI is InChI=1S/C44H92N4O22P3/c1-43(2)40-42(41-44(3,4)48(43)49)70-73(69-39-34-64-29-24-59-19-14-54-9)46-71(65-35-30-60-25-20-55-15-10-50-5,66-36-31-61-26-21-56-16-11-51-6)45-72(47-73,67-37-32-62-27-22-57-17-12-52-7)68-38-33-63-28-23-58-18-13-53-8/h42H,10-41H2,1-9H3. The quantitative estimate of drug-likeness (QED) is 0.0523. The summed E-state index contributed by atoms with van der Waals surface area (Å²) < 4.78 is 139. The molecule has 1 atom stereocenters. The number of hydrogen-bond donors (Lipinski definition) is 0. The summed E-state index contributed by atoms with van der Waals surface area (Å²) in [4.78, 5) is 0. The van der Waals surface area contributed by atoms with Crippen LogP contribution < -0.4 is 0 Å². The highest BCUT2D eigenvalue weighted by molar-refractivity contribution is 7.78. The summed E-state index contributed by atoms with van der Waals surface area (Å²) in [6, 6.07) is 0. The van der Waals surface area contributed by atoms with Gasteiger partial charge >= 0.3 is 23.0 Å². The fourth-order valence-electron chi connectivity index (χ4n) is 6.72. The van der Waals surface area contributed by atoms with Crippen molar-refractivity contribution in [3.05, 3.63) is 0 Å². The van der Waals surface area contributed by atoms with E-state index < -0.39 is 40.2 Å². The molecule has 2 aliphatic rings. The Morgan fingerprint density at radius 3 is 0.767 bits per heavy atom. The monoisotopic (exact) mass is 1120 g/mol. The lowest BCUT2D eigenvalue weighted by Crippen LogP contribution is -2.59. The van der Waals surface area contributed by atoms with Gasteiger partial charge in [-0.05, 0) is 40.5 Å². The Kier molecular flexibility index (Phi) is 40.3. The summed E-state index contributed by atoms with van der Waals surface area (Å²) in [5, 5.41) is 14.8. The fourth-order valence-corrected chi connectivity index (χ4v) is 16.3. The second-order valence-corrected chi connectivity index (χ2v) is 23.6. The molecule has 0 spiro atoms. The van der Waals surface area contributed by atoms with Crippen LogP contribution in [0.5, 0.6) is 0 Å². The van der Waals surface area contributed by atoms with E-state index in [4.69, 9.17) is 112 Å². The van der Waals surface area contributed by atoms with Crippen molar-refractivity contribution >= 4 is 23.0 Å². The first-order chi connectivity index (χ1) is 35.4. The molecule has 0 N–H and O–H groups in total. The molecule has 1 unspecified atom stereocenters. The number of hydroxylamine groups is 2. The molecule has 1 radical (unpaired) electrons. The molecule has 2 heterocycles. The molecule has 1 saturated heterocycles. The van der Waals surface area contributed by atoms with Crippen LogP contribution in [0.15, 0.2) is 13.5 Å². The van der Waals surface area contributed by atoms with Gasteiger partial charge in [-0.2, -0.15) is 0 Å². The van der Waals surface area contributed by atoms with Crippen LogP contribution in [0.25, 0.3) is 0 Å². The molecule has 29 heteroatoms. The topological polar surface area (TPSA) is 254 Å². The highest BCUT2D eigenvalue weighted by atomic mass is 31.3. The largest absolute Gasteiger partial charge is 0.382 e. The SMILES string of the molecule is COCCOCCOCCOP1(OCCOCCOCCOC)=NP(OCCOCCOCCOC)(OCCOCCOCCOC)=NP(OCCOCCOCCOC)(OC2CC(C)(C)N([O])C(C)(C)C2)=N1. The van der Waals surface area contributed by atoms with Gasteiger partial charge in [-0.15, -0.1) is 23.8 Å². The Morgan fingerprint density at radius 2 is 0.521 bits per heavy atom. The number of methoxy groups -OCH3 is 5. The van der Waals surface area contributed by atoms with Crippen molar-refractivity contribution in [1.29, 1.82) is 0 Å². The van der Waals surface area contributed by atoms with Gasteiger partial charge in [-0.1, -0.05) is 0 Å². The van der Waals surface area contributed by atoms with Crippen LogP contribution in [0.4, 0.5) is 0 Å². The van der Waals surface area contributed by atoms with Gasteiger partial charge in [0.15, 0.2) is 0 Å². The van der Waals surface area contributed by atoms with Crippen molar-refractivity contribution in [3.63, 3.8) is 0 Å². The summed E-state index contributed by atoms with van der Waals surface area (Å²) in [7, 11) is -3.84. The molecule has 26 nitrogen and oxygen atoms in total. The lowest BCUT2D eigenvalue weighted by molar-refractivity contribution is -0.296. The van der Waals surface area contributed by atoms with Crippen LogP contribution in [0.2, 0.25) is 0 Å². The lowest BCUT2D eigenvalue weighted by atomic mass is 9.80. The highest BCUT2D eigenvalue weighted by Gasteiger charge is 2.50. The van der Waals surface area contributed by atoms with E-state index in [0.29, 0.717) is 112 Å². The lowest BCUT2D eigenvalue weighted by Gasteiger charge is -2.50. The average molecular weight is 1120 g/mol. The third-order valence-electron chi connectivity index (χ3n) is 9.97. The van der Waals surface area contributed by atoms with Gasteiger partial charge in [0, 0.05) is 46.6 Å². The second-order valence-electron chi connectivity index (χ2n) is 17.0. The Hall–Kier alpha value is -0.230. The van der Waals surface area contributed by atoms with Crippen LogP contribution in [-0.2, 0) is 103 Å². The van der Waals surface area contributed by atoms with Gasteiger partial charge in [0.2, 0.25) is 0 Å². The average Bonchev–Trinajstić information content (AvgIpc) is 3.35. The highest BCUT2D eigenvalue weighted by Crippen LogP contribution is 2.81. The smallest absolute Gasteiger partial charge is 0.349 e. The number of piperidine rings is 1. The molecule has 0 saturated carbocycles. The van der Waals surface area contributed by atoms with Crippen molar-refractivity contribution in [2.45, 2.75) is 57.7 Å². The fraction of sp³-hybridized carbons (Fsp3) is 1.00. The molecule has 435 valence electrons. The van der Waals surface area contributed by atoms with E-state index in [1.165, 1.54) is 0 Å². The first-order valence-corrected chi connectivity index (χ1v) is 29.5. The number of ether oxygens (including phenoxy) is 15. The van der Waals surface area contributed by atoms with Gasteiger partial charge in [0.05, 0.1) is 204 Å². The van der Waals surface area contributed by atoms with Gasteiger partial charge in [-0.3, -0.25) is 0 Å². The summed E-state index contributed by atoms with van der Waals surface area (Å²) in [5.41, 5.74) is -1.68. The predicted octanol–water partition coefficient (Wildman–Crippen LogP) is 5.70. The van der Waals surface area contributed by atoms with Crippen molar-refractivity contribution in [2.75, 3.05) is 234 Å². The maximum atomic E-state index is 13.7. The minimum atomic E-state index is -4.00. The third-order valence-corrected chi connectivity index (χ3v) is 18.6. The van der Waals surface area contributed by atoms with E-state index in [2.05, 4.69) is 0 Å². The maximum absolute atomic E-state index is 13.7. The zero-order valence-electron chi connectivity index (χ0n) is 45.3. The molecule has 0 aromatic carbocycles. The minimum absolute atomic E-state index is 0.0355. The number of nitrogens with zero attached hydrogens (tertiary/aromatic N) is 4. The zero-order chi connectivity index (χ0) is 53.3. The molecular weight excluding hydrogens is 1030 g/mol. The van der Waals surface area contributed by atoms with Crippen LogP contribution in [0.3, 0.4) is 0 Å². The van der Waals surface area contributed by atoms with Crippen molar-refractivity contribution in [1.82, 2.24) is 5.06 Å². The van der Waals surface area contributed by atoms with Crippen molar-refractivity contribution < 1.29 is 103 Å². The van der Waals surface area contributed by atoms with E-state index >= 15 is 0 Å². The summed E-state index contributed by atoms with van der Waals surface area (Å²) in [6.45, 7) is 15.4. The van der Waals surface area contributed by atoms with Gasteiger partial charge in [0.1, 0.15) is 0 Å². The maximum Gasteiger partial charge on any atom is 0.349 e. The predicted molar refractivity (Wildman–Crippen MR) is 270 cm³/mol. The van der Waals surface area contributed by atoms with E-state index in [1.54, 1.807) is 35.5 Å². The van der Waals surface area contributed by atoms with Gasteiger partial charge in [-0.25, -0.2) is 0 Å². The van der Waals surface area contributed by atoms with E-state index in [-0.39, 0.29) is 99.1 Å².